The molecular formula is C9H15Br2Cl. The van der Waals surface area contributed by atoms with Crippen LogP contribution < -0.4 is 0 Å². The molecule has 0 N–H and O–H groups in total. The summed E-state index contributed by atoms with van der Waals surface area (Å²) in [5.74, 6) is 0. The van der Waals surface area contributed by atoms with E-state index in [9.17, 15) is 0 Å². The average molecular weight is 318 g/mol. The molecule has 0 heterocycles. The van der Waals surface area contributed by atoms with E-state index in [2.05, 4.69) is 31.9 Å². The smallest absolute Gasteiger partial charge is 0.0336 e. The molecule has 0 aliphatic heterocycles. The van der Waals surface area contributed by atoms with Crippen molar-refractivity contribution in [1.29, 1.82) is 0 Å². The fourth-order valence-corrected chi connectivity index (χ4v) is 2.83. The van der Waals surface area contributed by atoms with Gasteiger partial charge in [0.05, 0.1) is 0 Å². The molecule has 0 radical (unpaired) electrons. The molecule has 12 heavy (non-hydrogen) atoms. The first-order chi connectivity index (χ1) is 5.68. The highest BCUT2D eigenvalue weighted by atomic mass is 79.9. The molecule has 1 aliphatic carbocycles. The fourth-order valence-electron chi connectivity index (χ4n) is 1.52. The minimum Gasteiger partial charge on any atom is -0.123 e. The summed E-state index contributed by atoms with van der Waals surface area (Å²) in [7, 11) is 0. The van der Waals surface area contributed by atoms with Gasteiger partial charge in [-0.3, -0.25) is 0 Å². The molecule has 1 rings (SSSR count). The Bertz CT molecular complexity index is 93.9. The van der Waals surface area contributed by atoms with E-state index in [0.29, 0.717) is 15.0 Å². The second kappa shape index (κ2) is 5.87. The van der Waals surface area contributed by atoms with Gasteiger partial charge < -0.3 is 0 Å². The number of alkyl halides is 3. The Balaban J connectivity index is 2.36. The zero-order valence-electron chi connectivity index (χ0n) is 7.11. The monoisotopic (exact) mass is 316 g/mol. The number of rotatable bonds is 0. The lowest BCUT2D eigenvalue weighted by Gasteiger charge is -2.08. The number of hydrogen-bond donors (Lipinski definition) is 0. The van der Waals surface area contributed by atoms with Gasteiger partial charge in [-0.05, 0) is 38.5 Å². The van der Waals surface area contributed by atoms with Gasteiger partial charge in [0.1, 0.15) is 0 Å². The maximum atomic E-state index is 6.16. The summed E-state index contributed by atoms with van der Waals surface area (Å²) in [4.78, 5) is 1.36. The lowest BCUT2D eigenvalue weighted by molar-refractivity contribution is 0.644. The van der Waals surface area contributed by atoms with Crippen molar-refractivity contribution in [1.82, 2.24) is 0 Å². The van der Waals surface area contributed by atoms with Crippen molar-refractivity contribution in [3.05, 3.63) is 0 Å². The zero-order valence-corrected chi connectivity index (χ0v) is 11.0. The van der Waals surface area contributed by atoms with E-state index in [4.69, 9.17) is 11.6 Å². The van der Waals surface area contributed by atoms with Gasteiger partial charge >= 0.3 is 0 Å². The molecule has 2 atom stereocenters. The Morgan fingerprint density at radius 1 is 0.750 bits per heavy atom. The molecule has 0 aromatic rings. The summed E-state index contributed by atoms with van der Waals surface area (Å²) in [6.45, 7) is 0. The molecule has 1 aliphatic rings. The Hall–Kier alpha value is 1.25. The molecule has 1 saturated carbocycles. The van der Waals surface area contributed by atoms with Gasteiger partial charge in [0.15, 0.2) is 0 Å². The first-order valence-corrected chi connectivity index (χ1v) is 6.87. The summed E-state index contributed by atoms with van der Waals surface area (Å²) in [6.07, 6.45) is 7.34. The minimum atomic E-state index is 0.392. The zero-order chi connectivity index (χ0) is 8.97. The lowest BCUT2D eigenvalue weighted by atomic mass is 10.1. The van der Waals surface area contributed by atoms with Crippen LogP contribution in [0.4, 0.5) is 0 Å². The van der Waals surface area contributed by atoms with E-state index >= 15 is 0 Å². The molecule has 3 heteroatoms. The SMILES string of the molecule is ClC1CCC(Br)CCC(Br)CC1. The third-order valence-electron chi connectivity index (χ3n) is 2.38. The van der Waals surface area contributed by atoms with Crippen LogP contribution in [-0.4, -0.2) is 15.0 Å². The average Bonchev–Trinajstić information content (AvgIpc) is 2.11. The normalized spacial score (nSPS) is 39.8. The Labute approximate surface area is 96.7 Å². The quantitative estimate of drug-likeness (QED) is 0.578. The summed E-state index contributed by atoms with van der Waals surface area (Å²) in [5, 5.41) is 0.392. The van der Waals surface area contributed by atoms with Crippen molar-refractivity contribution in [3.8, 4) is 0 Å². The summed E-state index contributed by atoms with van der Waals surface area (Å²) >= 11 is 13.5. The molecule has 0 saturated heterocycles. The molecule has 2 unspecified atom stereocenters. The van der Waals surface area contributed by atoms with Gasteiger partial charge in [-0.15, -0.1) is 11.6 Å². The van der Waals surface area contributed by atoms with Crippen LogP contribution in [0.5, 0.6) is 0 Å². The summed E-state index contributed by atoms with van der Waals surface area (Å²) in [5.41, 5.74) is 0. The molecule has 0 spiro atoms. The third kappa shape index (κ3) is 4.48. The molecule has 0 bridgehead atoms. The molecule has 1 fully saturated rings. The van der Waals surface area contributed by atoms with Crippen molar-refractivity contribution in [2.24, 2.45) is 0 Å². The van der Waals surface area contributed by atoms with E-state index in [1.807, 2.05) is 0 Å². The van der Waals surface area contributed by atoms with Gasteiger partial charge in [0.2, 0.25) is 0 Å². The third-order valence-corrected chi connectivity index (χ3v) is 4.65. The molecular weight excluding hydrogens is 303 g/mol. The highest BCUT2D eigenvalue weighted by molar-refractivity contribution is 9.09. The molecule has 0 aromatic heterocycles. The second-order valence-electron chi connectivity index (χ2n) is 3.52. The van der Waals surface area contributed by atoms with Crippen LogP contribution >= 0.6 is 43.5 Å². The van der Waals surface area contributed by atoms with E-state index in [-0.39, 0.29) is 0 Å². The standard InChI is InChI=1S/C9H15Br2Cl/c10-7-1-2-8(11)4-6-9(12)5-3-7/h7-9H,1-6H2. The number of hydrogen-bond acceptors (Lipinski definition) is 0. The highest BCUT2D eigenvalue weighted by Crippen LogP contribution is 2.27. The van der Waals surface area contributed by atoms with Crippen LogP contribution in [0, 0.1) is 0 Å². The van der Waals surface area contributed by atoms with Crippen molar-refractivity contribution < 1.29 is 0 Å². The minimum absolute atomic E-state index is 0.392. The van der Waals surface area contributed by atoms with E-state index in [1.54, 1.807) is 0 Å². The van der Waals surface area contributed by atoms with Gasteiger partial charge in [0, 0.05) is 15.0 Å². The lowest BCUT2D eigenvalue weighted by Crippen LogP contribution is -2.02. The first-order valence-electron chi connectivity index (χ1n) is 4.60. The van der Waals surface area contributed by atoms with Crippen molar-refractivity contribution in [3.63, 3.8) is 0 Å². The van der Waals surface area contributed by atoms with Gasteiger partial charge in [-0.25, -0.2) is 0 Å². The molecule has 0 amide bonds. The Morgan fingerprint density at radius 3 is 1.50 bits per heavy atom. The van der Waals surface area contributed by atoms with Crippen LogP contribution in [0.3, 0.4) is 0 Å². The van der Waals surface area contributed by atoms with E-state index < -0.39 is 0 Å². The fraction of sp³-hybridized carbons (Fsp3) is 1.00. The van der Waals surface area contributed by atoms with Crippen LogP contribution in [0.2, 0.25) is 0 Å². The van der Waals surface area contributed by atoms with Crippen LogP contribution in [0.15, 0.2) is 0 Å². The van der Waals surface area contributed by atoms with Crippen molar-refractivity contribution in [2.45, 2.75) is 53.6 Å². The topological polar surface area (TPSA) is 0 Å². The van der Waals surface area contributed by atoms with Crippen molar-refractivity contribution in [2.75, 3.05) is 0 Å². The van der Waals surface area contributed by atoms with Gasteiger partial charge in [-0.1, -0.05) is 31.9 Å². The maximum absolute atomic E-state index is 6.16. The summed E-state index contributed by atoms with van der Waals surface area (Å²) in [6, 6.07) is 0. The number of halogens is 3. The van der Waals surface area contributed by atoms with E-state index in [1.165, 1.54) is 25.7 Å². The highest BCUT2D eigenvalue weighted by Gasteiger charge is 2.16. The van der Waals surface area contributed by atoms with Crippen LogP contribution in [-0.2, 0) is 0 Å². The van der Waals surface area contributed by atoms with Gasteiger partial charge in [0.25, 0.3) is 0 Å². The maximum Gasteiger partial charge on any atom is 0.0336 e. The summed E-state index contributed by atoms with van der Waals surface area (Å²) < 4.78 is 0. The second-order valence-corrected chi connectivity index (χ2v) is 6.73. The first kappa shape index (κ1) is 11.3. The van der Waals surface area contributed by atoms with Crippen LogP contribution in [0.25, 0.3) is 0 Å². The Kier molecular flexibility index (Phi) is 5.54. The Morgan fingerprint density at radius 2 is 1.08 bits per heavy atom. The molecule has 0 nitrogen and oxygen atoms in total. The van der Waals surface area contributed by atoms with Crippen LogP contribution in [0.1, 0.15) is 38.5 Å². The molecule has 72 valence electrons. The predicted octanol–water partition coefficient (Wildman–Crippen LogP) is 4.48. The largest absolute Gasteiger partial charge is 0.123 e. The predicted molar refractivity (Wildman–Crippen MR) is 62.8 cm³/mol. The molecule has 0 aromatic carbocycles. The van der Waals surface area contributed by atoms with E-state index in [0.717, 1.165) is 12.8 Å². The van der Waals surface area contributed by atoms with Crippen molar-refractivity contribution >= 4 is 43.5 Å². The van der Waals surface area contributed by atoms with Gasteiger partial charge in [-0.2, -0.15) is 0 Å².